The fourth-order valence-electron chi connectivity index (χ4n) is 5.33. The molecular weight excluding hydrogens is 560 g/mol. The van der Waals surface area contributed by atoms with Gasteiger partial charge in [-0.15, -0.1) is 0 Å². The van der Waals surface area contributed by atoms with E-state index >= 15 is 0 Å². The summed E-state index contributed by atoms with van der Waals surface area (Å²) in [5.41, 5.74) is 2.53. The maximum Gasteiger partial charge on any atom is 0.270 e. The summed E-state index contributed by atoms with van der Waals surface area (Å²) in [6.45, 7) is 0.557. The molecule has 1 fully saturated rings. The van der Waals surface area contributed by atoms with Gasteiger partial charge in [-0.1, -0.05) is 29.8 Å². The molecule has 3 amide bonds. The Morgan fingerprint density at radius 2 is 1.86 bits per heavy atom. The van der Waals surface area contributed by atoms with Crippen LogP contribution in [0.4, 0.5) is 0 Å². The predicted octanol–water partition coefficient (Wildman–Crippen LogP) is 3.55. The van der Waals surface area contributed by atoms with Gasteiger partial charge in [-0.2, -0.15) is 0 Å². The average Bonchev–Trinajstić information content (AvgIpc) is 3.55. The van der Waals surface area contributed by atoms with Crippen molar-refractivity contribution in [1.29, 1.82) is 0 Å². The normalized spacial score (nSPS) is 18.9. The maximum absolute atomic E-state index is 13.8. The molecule has 0 saturated carbocycles. The van der Waals surface area contributed by atoms with E-state index in [-0.39, 0.29) is 43.2 Å². The van der Waals surface area contributed by atoms with Gasteiger partial charge in [0.25, 0.3) is 17.7 Å². The highest BCUT2D eigenvalue weighted by Crippen LogP contribution is 2.30. The quantitative estimate of drug-likeness (QED) is 0.371. The summed E-state index contributed by atoms with van der Waals surface area (Å²) in [6.07, 6.45) is -0.522. The van der Waals surface area contributed by atoms with Crippen molar-refractivity contribution in [3.8, 4) is 17.2 Å². The number of amides is 3. The Bertz CT molecular complexity index is 1690. The number of likely N-dealkylation sites (tertiary alicyclic amines) is 1. The molecule has 7 rings (SSSR count). The van der Waals surface area contributed by atoms with Gasteiger partial charge in [0.1, 0.15) is 17.5 Å². The van der Waals surface area contributed by atoms with E-state index in [1.165, 1.54) is 13.2 Å². The highest BCUT2D eigenvalue weighted by molar-refractivity contribution is 6.35. The van der Waals surface area contributed by atoms with E-state index < -0.39 is 12.1 Å². The van der Waals surface area contributed by atoms with Crippen molar-refractivity contribution in [3.05, 3.63) is 88.6 Å². The number of carbonyl (C=O) groups excluding carboxylic acids is 3. The molecule has 10 nitrogen and oxygen atoms in total. The molecule has 1 saturated heterocycles. The summed E-state index contributed by atoms with van der Waals surface area (Å²) in [7, 11) is 3.31. The number of nitrogens with one attached hydrogen (secondary N) is 2. The minimum atomic E-state index is -0.522. The number of benzene rings is 3. The molecule has 2 N–H and O–H groups in total. The minimum Gasteiger partial charge on any atom is -0.493 e. The number of halogens is 1. The molecule has 2 atom stereocenters. The smallest absolute Gasteiger partial charge is 0.270 e. The molecule has 1 aromatic heterocycles. The Balaban J connectivity index is 1.32. The molecule has 0 unspecified atom stereocenters. The average molecular weight is 589 g/mol. The zero-order chi connectivity index (χ0) is 29.4. The number of carbonyl (C=O) groups is 3. The fraction of sp³-hybridized carbons (Fsp3) is 0.258. The molecule has 3 aromatic carbocycles. The number of methoxy groups -OCH3 is 1. The first kappa shape index (κ1) is 27.5. The van der Waals surface area contributed by atoms with Crippen molar-refractivity contribution in [2.45, 2.75) is 18.7 Å². The van der Waals surface area contributed by atoms with Crippen LogP contribution in [0.25, 0.3) is 10.9 Å². The summed E-state index contributed by atoms with van der Waals surface area (Å²) < 4.78 is 19.2. The van der Waals surface area contributed by atoms with Crippen LogP contribution in [0.2, 0.25) is 5.02 Å². The number of rotatable bonds is 2. The third-order valence-electron chi connectivity index (χ3n) is 7.61. The highest BCUT2D eigenvalue weighted by Gasteiger charge is 2.39. The number of fused-ring (bicyclic) bond motifs is 8. The molecule has 4 aromatic rings. The monoisotopic (exact) mass is 588 g/mol. The zero-order valence-electron chi connectivity index (χ0n) is 23.1. The molecule has 3 aliphatic heterocycles. The first-order chi connectivity index (χ1) is 20.3. The predicted molar refractivity (Wildman–Crippen MR) is 156 cm³/mol. The lowest BCUT2D eigenvalue weighted by Crippen LogP contribution is -2.45. The van der Waals surface area contributed by atoms with E-state index in [9.17, 15) is 14.4 Å². The van der Waals surface area contributed by atoms with E-state index in [0.717, 1.165) is 16.5 Å². The van der Waals surface area contributed by atoms with Crippen molar-refractivity contribution in [2.75, 3.05) is 26.8 Å². The standard InChI is InChI=1S/C31H29ClN4O6/c1-35-24-5-3-4-22(32)21(24)13-25(35)31(39)36-15-23-28(16-36)42-20-9-6-18(7-10-20)14-33-29(37)17-41-27-12-19(30(38)34-23)8-11-26(27)40-2/h3-13,23,28H,14-17H2,1-2H3,(H,33,37)(H,34,38)/t23-,28-/m0/s1. The maximum atomic E-state index is 13.8. The molecule has 0 radical (unpaired) electrons. The highest BCUT2D eigenvalue weighted by atomic mass is 35.5. The molecule has 42 heavy (non-hydrogen) atoms. The molecular formula is C31H29ClN4O6. The zero-order valence-corrected chi connectivity index (χ0v) is 23.8. The van der Waals surface area contributed by atoms with Gasteiger partial charge in [-0.25, -0.2) is 0 Å². The van der Waals surface area contributed by atoms with E-state index in [0.29, 0.717) is 34.3 Å². The SMILES string of the molecule is COc1ccc2cc1OCC(=O)NCc1ccc(cc1)O[C@H]1CN(C(=O)c3cc4c(Cl)cccc4n3C)C[C@@H]1NC2=O. The summed E-state index contributed by atoms with van der Waals surface area (Å²) in [5.74, 6) is 0.350. The van der Waals surface area contributed by atoms with Crippen molar-refractivity contribution >= 4 is 40.2 Å². The van der Waals surface area contributed by atoms with Crippen molar-refractivity contribution in [2.24, 2.45) is 7.05 Å². The largest absolute Gasteiger partial charge is 0.493 e. The van der Waals surface area contributed by atoms with Crippen LogP contribution >= 0.6 is 11.6 Å². The number of nitrogens with zero attached hydrogens (tertiary/aromatic N) is 2. The lowest BCUT2D eigenvalue weighted by Gasteiger charge is -2.21. The minimum absolute atomic E-state index is 0.191. The van der Waals surface area contributed by atoms with Crippen LogP contribution in [-0.4, -0.2) is 66.1 Å². The topological polar surface area (TPSA) is 111 Å². The molecule has 4 bridgehead atoms. The van der Waals surface area contributed by atoms with E-state index in [1.807, 2.05) is 35.9 Å². The Hall–Kier alpha value is -4.70. The van der Waals surface area contributed by atoms with Crippen LogP contribution in [0.15, 0.2) is 66.7 Å². The third-order valence-corrected chi connectivity index (χ3v) is 7.94. The number of aryl methyl sites for hydroxylation is 1. The van der Waals surface area contributed by atoms with Gasteiger partial charge in [-0.3, -0.25) is 14.4 Å². The van der Waals surface area contributed by atoms with E-state index in [1.54, 1.807) is 41.3 Å². The molecule has 216 valence electrons. The van der Waals surface area contributed by atoms with Crippen LogP contribution in [0.3, 0.4) is 0 Å². The van der Waals surface area contributed by atoms with Gasteiger partial charge in [0.15, 0.2) is 18.1 Å². The summed E-state index contributed by atoms with van der Waals surface area (Å²) in [4.78, 5) is 41.3. The molecule has 4 heterocycles. The number of ether oxygens (including phenoxy) is 3. The van der Waals surface area contributed by atoms with Crippen molar-refractivity contribution in [3.63, 3.8) is 0 Å². The summed E-state index contributed by atoms with van der Waals surface area (Å²) in [5, 5.41) is 7.23. The van der Waals surface area contributed by atoms with Crippen LogP contribution in [-0.2, 0) is 18.4 Å². The van der Waals surface area contributed by atoms with Crippen LogP contribution in [0, 0.1) is 0 Å². The van der Waals surface area contributed by atoms with Crippen molar-refractivity contribution in [1.82, 2.24) is 20.1 Å². The van der Waals surface area contributed by atoms with Gasteiger partial charge in [-0.05, 0) is 54.1 Å². The second kappa shape index (κ2) is 11.3. The third kappa shape index (κ3) is 5.33. The number of aromatic nitrogens is 1. The van der Waals surface area contributed by atoms with Gasteiger partial charge < -0.3 is 34.3 Å². The Morgan fingerprint density at radius 1 is 1.05 bits per heavy atom. The lowest BCUT2D eigenvalue weighted by atomic mass is 10.1. The summed E-state index contributed by atoms with van der Waals surface area (Å²) >= 11 is 6.40. The second-order valence-electron chi connectivity index (χ2n) is 10.3. The van der Waals surface area contributed by atoms with Gasteiger partial charge in [0.2, 0.25) is 0 Å². The fourth-order valence-corrected chi connectivity index (χ4v) is 5.55. The van der Waals surface area contributed by atoms with E-state index in [4.69, 9.17) is 25.8 Å². The Labute approximate surface area is 247 Å². The Kier molecular flexibility index (Phi) is 7.38. The van der Waals surface area contributed by atoms with Crippen LogP contribution in [0.5, 0.6) is 17.2 Å². The van der Waals surface area contributed by atoms with Gasteiger partial charge in [0.05, 0.1) is 19.7 Å². The molecule has 0 aliphatic carbocycles. The first-order valence-electron chi connectivity index (χ1n) is 13.5. The number of hydrogen-bond donors (Lipinski definition) is 2. The first-order valence-corrected chi connectivity index (χ1v) is 13.9. The van der Waals surface area contributed by atoms with Crippen LogP contribution < -0.4 is 24.8 Å². The van der Waals surface area contributed by atoms with Gasteiger partial charge >= 0.3 is 0 Å². The Morgan fingerprint density at radius 3 is 2.62 bits per heavy atom. The molecule has 11 heteroatoms. The van der Waals surface area contributed by atoms with Gasteiger partial charge in [0, 0.05) is 41.6 Å². The molecule has 3 aliphatic rings. The van der Waals surface area contributed by atoms with E-state index in [2.05, 4.69) is 10.6 Å². The van der Waals surface area contributed by atoms with Crippen LogP contribution in [0.1, 0.15) is 26.4 Å². The number of hydrogen-bond acceptors (Lipinski definition) is 6. The second-order valence-corrected chi connectivity index (χ2v) is 10.7. The molecule has 0 spiro atoms. The summed E-state index contributed by atoms with van der Waals surface area (Å²) in [6, 6.07) is 18.9. The lowest BCUT2D eigenvalue weighted by molar-refractivity contribution is -0.123. The van der Waals surface area contributed by atoms with Crippen molar-refractivity contribution < 1.29 is 28.6 Å².